The number of hydrogen-bond donors (Lipinski definition) is 2. The second kappa shape index (κ2) is 10.2. The number of nitrogens with one attached hydrogen (secondary N) is 1. The van der Waals surface area contributed by atoms with Gasteiger partial charge in [0.2, 0.25) is 0 Å². The Hall–Kier alpha value is -4.42. The van der Waals surface area contributed by atoms with Crippen LogP contribution in [0, 0.1) is 0 Å². The number of rotatable bonds is 7. The Labute approximate surface area is 204 Å². The smallest absolute Gasteiger partial charge is 0.275 e. The van der Waals surface area contributed by atoms with Crippen molar-refractivity contribution in [3.63, 3.8) is 0 Å². The second-order valence-corrected chi connectivity index (χ2v) is 8.34. The van der Waals surface area contributed by atoms with E-state index in [1.807, 2.05) is 97.2 Å². The van der Waals surface area contributed by atoms with Crippen molar-refractivity contribution >= 4 is 23.7 Å². The molecule has 0 radical (unpaired) electrons. The van der Waals surface area contributed by atoms with Gasteiger partial charge in [-0.2, -0.15) is 0 Å². The van der Waals surface area contributed by atoms with Crippen molar-refractivity contribution in [2.24, 2.45) is 0 Å². The molecule has 2 N–H and O–H groups in total. The van der Waals surface area contributed by atoms with Crippen LogP contribution in [-0.4, -0.2) is 35.3 Å². The number of anilines is 1. The molecule has 1 aromatic heterocycles. The monoisotopic (exact) mass is 463 g/mol. The highest BCUT2D eigenvalue weighted by atomic mass is 16.5. The van der Waals surface area contributed by atoms with Crippen molar-refractivity contribution in [3.05, 3.63) is 114 Å². The molecule has 35 heavy (non-hydrogen) atoms. The van der Waals surface area contributed by atoms with Gasteiger partial charge in [0.1, 0.15) is 11.9 Å². The first-order chi connectivity index (χ1) is 17.2. The molecule has 174 valence electrons. The predicted octanol–water partition coefficient (Wildman–Crippen LogP) is 5.31. The molecule has 0 atom stereocenters. The molecule has 6 heteroatoms. The van der Waals surface area contributed by atoms with Crippen LogP contribution < -0.4 is 15.1 Å². The minimum atomic E-state index is -0.531. The van der Waals surface area contributed by atoms with Crippen molar-refractivity contribution in [1.29, 1.82) is 0 Å². The Balaban J connectivity index is 1.26. The maximum absolute atomic E-state index is 12.3. The molecule has 0 saturated carbocycles. The summed E-state index contributed by atoms with van der Waals surface area (Å²) >= 11 is 0. The fourth-order valence-corrected chi connectivity index (χ4v) is 4.19. The number of ether oxygens (including phenoxy) is 1. The number of hydrogen-bond acceptors (Lipinski definition) is 5. The Morgan fingerprint density at radius 2 is 1.69 bits per heavy atom. The van der Waals surface area contributed by atoms with E-state index in [2.05, 4.69) is 9.88 Å². The van der Waals surface area contributed by atoms with Crippen LogP contribution in [0.1, 0.15) is 21.5 Å². The predicted molar refractivity (Wildman–Crippen MR) is 137 cm³/mol. The first-order valence-corrected chi connectivity index (χ1v) is 11.4. The van der Waals surface area contributed by atoms with E-state index in [1.54, 1.807) is 17.7 Å². The largest absolute Gasteiger partial charge is 0.487 e. The lowest BCUT2D eigenvalue weighted by atomic mass is 9.95. The van der Waals surface area contributed by atoms with Gasteiger partial charge in [-0.05, 0) is 47.0 Å². The molecular formula is C29H25N3O3. The number of nitrogens with zero attached hydrogens (tertiary/aromatic N) is 2. The average Bonchev–Trinajstić information content (AvgIpc) is 2.90. The zero-order valence-electron chi connectivity index (χ0n) is 19.0. The third-order valence-electron chi connectivity index (χ3n) is 5.98. The van der Waals surface area contributed by atoms with Gasteiger partial charge in [0.05, 0.1) is 18.7 Å². The van der Waals surface area contributed by atoms with Gasteiger partial charge in [0.25, 0.3) is 5.91 Å². The Kier molecular flexibility index (Phi) is 6.55. The minimum absolute atomic E-state index is 0.0470. The summed E-state index contributed by atoms with van der Waals surface area (Å²) in [5, 5.41) is 9.24. The summed E-state index contributed by atoms with van der Waals surface area (Å²) in [4.78, 5) is 18.6. The lowest BCUT2D eigenvalue weighted by Gasteiger charge is -2.42. The van der Waals surface area contributed by atoms with Crippen LogP contribution in [-0.2, 0) is 0 Å². The van der Waals surface area contributed by atoms with Crippen LogP contribution in [0.4, 0.5) is 5.69 Å². The van der Waals surface area contributed by atoms with Crippen LogP contribution in [0.5, 0.6) is 5.75 Å². The highest BCUT2D eigenvalue weighted by Gasteiger charge is 2.31. The molecule has 6 nitrogen and oxygen atoms in total. The van der Waals surface area contributed by atoms with Gasteiger partial charge in [0, 0.05) is 23.6 Å². The second-order valence-electron chi connectivity index (χ2n) is 8.34. The van der Waals surface area contributed by atoms with E-state index >= 15 is 0 Å². The number of pyridine rings is 1. The molecule has 5 rings (SSSR count). The number of benzene rings is 3. The summed E-state index contributed by atoms with van der Waals surface area (Å²) in [6.07, 6.45) is 7.71. The summed E-state index contributed by atoms with van der Waals surface area (Å²) in [6.45, 7) is 1.40. The SMILES string of the molecule is O=C(NO)c1cccc(N2CC(Oc3ccc(C=Cc4cccnc4)cc3)C2)c1-c1ccccc1. The summed E-state index contributed by atoms with van der Waals surface area (Å²) in [6, 6.07) is 27.2. The molecule has 1 fully saturated rings. The van der Waals surface area contributed by atoms with Crippen LogP contribution in [0.25, 0.3) is 23.3 Å². The molecule has 4 aromatic rings. The van der Waals surface area contributed by atoms with E-state index in [9.17, 15) is 10.0 Å². The molecule has 1 aliphatic heterocycles. The highest BCUT2D eigenvalue weighted by molar-refractivity contribution is 6.03. The van der Waals surface area contributed by atoms with Crippen LogP contribution >= 0.6 is 0 Å². The molecule has 1 aliphatic rings. The molecule has 2 heterocycles. The van der Waals surface area contributed by atoms with E-state index < -0.39 is 5.91 Å². The van der Waals surface area contributed by atoms with E-state index in [1.165, 1.54) is 0 Å². The van der Waals surface area contributed by atoms with Crippen molar-refractivity contribution in [1.82, 2.24) is 10.5 Å². The number of carbonyl (C=O) groups is 1. The van der Waals surface area contributed by atoms with E-state index in [-0.39, 0.29) is 6.10 Å². The molecule has 1 amide bonds. The van der Waals surface area contributed by atoms with E-state index in [0.29, 0.717) is 18.7 Å². The van der Waals surface area contributed by atoms with Gasteiger partial charge in [0.15, 0.2) is 0 Å². The van der Waals surface area contributed by atoms with Gasteiger partial charge in [-0.15, -0.1) is 0 Å². The van der Waals surface area contributed by atoms with Crippen LogP contribution in [0.3, 0.4) is 0 Å². The molecule has 0 spiro atoms. The van der Waals surface area contributed by atoms with Crippen molar-refractivity contribution in [3.8, 4) is 16.9 Å². The quantitative estimate of drug-likeness (QED) is 0.287. The fourth-order valence-electron chi connectivity index (χ4n) is 4.19. The normalized spacial score (nSPS) is 13.5. The highest BCUT2D eigenvalue weighted by Crippen LogP contribution is 2.37. The molecule has 0 unspecified atom stereocenters. The van der Waals surface area contributed by atoms with Gasteiger partial charge >= 0.3 is 0 Å². The summed E-state index contributed by atoms with van der Waals surface area (Å²) in [5.41, 5.74) is 6.98. The van der Waals surface area contributed by atoms with Crippen LogP contribution in [0.15, 0.2) is 97.3 Å². The van der Waals surface area contributed by atoms with Crippen LogP contribution in [0.2, 0.25) is 0 Å². The number of carbonyl (C=O) groups excluding carboxylic acids is 1. The Morgan fingerprint density at radius 1 is 0.914 bits per heavy atom. The maximum Gasteiger partial charge on any atom is 0.275 e. The Morgan fingerprint density at radius 3 is 2.40 bits per heavy atom. The third kappa shape index (κ3) is 5.08. The van der Waals surface area contributed by atoms with Gasteiger partial charge < -0.3 is 9.64 Å². The zero-order valence-corrected chi connectivity index (χ0v) is 19.0. The summed E-state index contributed by atoms with van der Waals surface area (Å²) in [7, 11) is 0. The first kappa shape index (κ1) is 22.4. The third-order valence-corrected chi connectivity index (χ3v) is 5.98. The van der Waals surface area contributed by atoms with Gasteiger partial charge in [-0.25, -0.2) is 5.48 Å². The van der Waals surface area contributed by atoms with Gasteiger partial charge in [-0.3, -0.25) is 15.0 Å². The van der Waals surface area contributed by atoms with Crippen molar-refractivity contribution in [2.45, 2.75) is 6.10 Å². The van der Waals surface area contributed by atoms with E-state index in [0.717, 1.165) is 33.7 Å². The van der Waals surface area contributed by atoms with Gasteiger partial charge in [-0.1, -0.05) is 66.7 Å². The molecule has 1 saturated heterocycles. The topological polar surface area (TPSA) is 74.7 Å². The standard InChI is InChI=1S/C29H25N3O3/c33-29(31-34)26-9-4-10-27(28(26)23-7-2-1-3-8-23)32-19-25(20-32)35-24-15-13-21(14-16-24)11-12-22-6-5-17-30-18-22/h1-18,25,34H,19-20H2,(H,31,33). The summed E-state index contributed by atoms with van der Waals surface area (Å²) in [5.74, 6) is 0.293. The molecule has 3 aromatic carbocycles. The number of aromatic nitrogens is 1. The minimum Gasteiger partial charge on any atom is -0.487 e. The van der Waals surface area contributed by atoms with Crippen molar-refractivity contribution < 1.29 is 14.7 Å². The maximum atomic E-state index is 12.3. The lowest BCUT2D eigenvalue weighted by Crippen LogP contribution is -2.54. The first-order valence-electron chi connectivity index (χ1n) is 11.4. The van der Waals surface area contributed by atoms with E-state index in [4.69, 9.17) is 4.74 Å². The van der Waals surface area contributed by atoms with Crippen molar-refractivity contribution in [2.75, 3.05) is 18.0 Å². The average molecular weight is 464 g/mol. The fraction of sp³-hybridized carbons (Fsp3) is 0.103. The lowest BCUT2D eigenvalue weighted by molar-refractivity contribution is 0.0707. The summed E-state index contributed by atoms with van der Waals surface area (Å²) < 4.78 is 6.17. The number of amides is 1. The molecular weight excluding hydrogens is 438 g/mol. The zero-order chi connectivity index (χ0) is 24.0. The number of hydroxylamine groups is 1. The Bertz CT molecular complexity index is 1320. The molecule has 0 aliphatic carbocycles. The molecule has 0 bridgehead atoms.